The van der Waals surface area contributed by atoms with E-state index in [9.17, 15) is 8.60 Å². The van der Waals surface area contributed by atoms with Crippen LogP contribution in [-0.2, 0) is 20.9 Å². The van der Waals surface area contributed by atoms with Gasteiger partial charge in [0.1, 0.15) is 24.0 Å². The van der Waals surface area contributed by atoms with Gasteiger partial charge in [-0.1, -0.05) is 6.07 Å². The lowest BCUT2D eigenvalue weighted by Crippen LogP contribution is -2.17. The molecule has 8 heteroatoms. The Morgan fingerprint density at radius 2 is 2.06 bits per heavy atom. The van der Waals surface area contributed by atoms with Crippen LogP contribution in [-0.4, -0.2) is 45.0 Å². The summed E-state index contributed by atoms with van der Waals surface area (Å²) in [7, 11) is -2.15. The minimum Gasteiger partial charge on any atom is -0.488 e. The number of hydrogen-bond acceptors (Lipinski definition) is 6. The van der Waals surface area contributed by atoms with Crippen molar-refractivity contribution in [2.24, 2.45) is 4.36 Å². The standard InChI is InChI=1S/C24H26FN3O3S/c1-16-10-19(28-32(29)8-2-3-9-32)13-22-24(16)21(26-15-27-22)11-17-4-5-18(25)12-23(17)31-20-6-7-30-14-20/h4-5,10,12-13,15,20H,2-3,6-9,11,14H2,1H3/t20-/m0/s1. The van der Waals surface area contributed by atoms with E-state index in [1.165, 1.54) is 18.5 Å². The van der Waals surface area contributed by atoms with Gasteiger partial charge in [0.2, 0.25) is 0 Å². The minimum absolute atomic E-state index is 0.0684. The second-order valence-electron chi connectivity index (χ2n) is 8.49. The van der Waals surface area contributed by atoms with Crippen LogP contribution >= 0.6 is 0 Å². The van der Waals surface area contributed by atoms with Crippen molar-refractivity contribution in [2.45, 2.75) is 38.7 Å². The van der Waals surface area contributed by atoms with Crippen LogP contribution in [0.4, 0.5) is 10.1 Å². The molecule has 0 amide bonds. The molecule has 0 radical (unpaired) electrons. The summed E-state index contributed by atoms with van der Waals surface area (Å²) < 4.78 is 42.8. The van der Waals surface area contributed by atoms with Crippen LogP contribution in [0.3, 0.4) is 0 Å². The number of hydrogen-bond donors (Lipinski definition) is 0. The Balaban J connectivity index is 1.51. The zero-order valence-corrected chi connectivity index (χ0v) is 18.9. The Hall–Kier alpha value is -2.58. The van der Waals surface area contributed by atoms with Crippen LogP contribution in [0, 0.1) is 12.7 Å². The molecular weight excluding hydrogens is 429 g/mol. The highest BCUT2D eigenvalue weighted by atomic mass is 32.2. The van der Waals surface area contributed by atoms with E-state index < -0.39 is 9.73 Å². The lowest BCUT2D eigenvalue weighted by atomic mass is 10.0. The average molecular weight is 456 g/mol. The van der Waals surface area contributed by atoms with E-state index in [4.69, 9.17) is 9.47 Å². The molecule has 0 N–H and O–H groups in total. The van der Waals surface area contributed by atoms with Crippen molar-refractivity contribution < 1.29 is 18.1 Å². The first kappa shape index (κ1) is 21.3. The molecule has 3 heterocycles. The number of benzene rings is 2. The highest BCUT2D eigenvalue weighted by molar-refractivity contribution is 7.93. The van der Waals surface area contributed by atoms with Gasteiger partial charge in [0.15, 0.2) is 0 Å². The summed E-state index contributed by atoms with van der Waals surface area (Å²) in [4.78, 5) is 8.98. The highest BCUT2D eigenvalue weighted by Crippen LogP contribution is 2.31. The number of aromatic nitrogens is 2. The van der Waals surface area contributed by atoms with E-state index in [0.717, 1.165) is 47.0 Å². The molecule has 1 aromatic heterocycles. The molecule has 168 valence electrons. The predicted octanol–water partition coefficient (Wildman–Crippen LogP) is 4.73. The molecule has 0 spiro atoms. The third-order valence-electron chi connectivity index (χ3n) is 6.02. The van der Waals surface area contributed by atoms with E-state index in [1.807, 2.05) is 19.1 Å². The monoisotopic (exact) mass is 455 g/mol. The van der Waals surface area contributed by atoms with Gasteiger partial charge >= 0.3 is 0 Å². The number of aryl methyl sites for hydroxylation is 1. The summed E-state index contributed by atoms with van der Waals surface area (Å²) in [6.45, 7) is 3.17. The van der Waals surface area contributed by atoms with Crippen LogP contribution in [0.25, 0.3) is 10.9 Å². The molecule has 1 atom stereocenters. The van der Waals surface area contributed by atoms with Crippen LogP contribution in [0.1, 0.15) is 36.1 Å². The van der Waals surface area contributed by atoms with Crippen LogP contribution in [0.5, 0.6) is 5.75 Å². The molecule has 0 bridgehead atoms. The highest BCUT2D eigenvalue weighted by Gasteiger charge is 2.20. The molecular formula is C24H26FN3O3S. The second-order valence-corrected chi connectivity index (χ2v) is 11.0. The average Bonchev–Trinajstić information content (AvgIpc) is 3.42. The maximum Gasteiger partial charge on any atom is 0.126 e. The van der Waals surface area contributed by atoms with E-state index in [-0.39, 0.29) is 11.9 Å². The van der Waals surface area contributed by atoms with Crippen molar-refractivity contribution in [3.8, 4) is 5.75 Å². The quantitative estimate of drug-likeness (QED) is 0.556. The van der Waals surface area contributed by atoms with Crippen molar-refractivity contribution in [3.05, 3.63) is 59.3 Å². The summed E-state index contributed by atoms with van der Waals surface area (Å²) in [5, 5.41) is 0.937. The summed E-state index contributed by atoms with van der Waals surface area (Å²) in [6.07, 6.45) is 4.68. The van der Waals surface area contributed by atoms with Crippen molar-refractivity contribution in [3.63, 3.8) is 0 Å². The molecule has 2 saturated heterocycles. The van der Waals surface area contributed by atoms with Gasteiger partial charge in [-0.15, -0.1) is 0 Å². The molecule has 2 fully saturated rings. The van der Waals surface area contributed by atoms with Crippen LogP contribution in [0.15, 0.2) is 41.0 Å². The third kappa shape index (κ3) is 4.47. The zero-order valence-electron chi connectivity index (χ0n) is 18.1. The summed E-state index contributed by atoms with van der Waals surface area (Å²) in [6, 6.07) is 8.46. The fourth-order valence-electron chi connectivity index (χ4n) is 4.43. The van der Waals surface area contributed by atoms with Gasteiger partial charge in [-0.05, 0) is 43.5 Å². The molecule has 5 rings (SSSR count). The third-order valence-corrected chi connectivity index (χ3v) is 8.41. The number of ether oxygens (including phenoxy) is 2. The van der Waals surface area contributed by atoms with Crippen molar-refractivity contribution in [2.75, 3.05) is 24.7 Å². The predicted molar refractivity (Wildman–Crippen MR) is 123 cm³/mol. The number of fused-ring (bicyclic) bond motifs is 1. The molecule has 6 nitrogen and oxygen atoms in total. The van der Waals surface area contributed by atoms with Gasteiger partial charge in [-0.2, -0.15) is 4.36 Å². The Morgan fingerprint density at radius 1 is 1.22 bits per heavy atom. The van der Waals surface area contributed by atoms with Crippen LogP contribution < -0.4 is 4.74 Å². The van der Waals surface area contributed by atoms with Gasteiger partial charge in [0.05, 0.1) is 39.8 Å². The topological polar surface area (TPSA) is 73.7 Å². The normalized spacial score (nSPS) is 20.0. The maximum atomic E-state index is 13.9. The van der Waals surface area contributed by atoms with Gasteiger partial charge in [0, 0.05) is 41.4 Å². The van der Waals surface area contributed by atoms with Crippen molar-refractivity contribution >= 4 is 26.3 Å². The molecule has 0 aliphatic carbocycles. The van der Waals surface area contributed by atoms with Crippen molar-refractivity contribution in [1.29, 1.82) is 0 Å². The van der Waals surface area contributed by atoms with Crippen molar-refractivity contribution in [1.82, 2.24) is 9.97 Å². The number of nitrogens with zero attached hydrogens (tertiary/aromatic N) is 3. The number of rotatable bonds is 5. The van der Waals surface area contributed by atoms with E-state index in [2.05, 4.69) is 14.3 Å². The van der Waals surface area contributed by atoms with Gasteiger partial charge in [-0.25, -0.2) is 18.6 Å². The summed E-state index contributed by atoms with van der Waals surface area (Å²) in [5.41, 5.74) is 4.15. The Labute approximate surface area is 187 Å². The first-order chi connectivity index (χ1) is 15.5. The van der Waals surface area contributed by atoms with Crippen LogP contribution in [0.2, 0.25) is 0 Å². The first-order valence-corrected chi connectivity index (χ1v) is 12.8. The SMILES string of the molecule is Cc1cc(N=S2(=O)CCCC2)cc2ncnc(Cc3ccc(F)cc3O[C@H]3CCOC3)c12. The fraction of sp³-hybridized carbons (Fsp3) is 0.417. The Kier molecular flexibility index (Phi) is 5.82. The van der Waals surface area contributed by atoms with E-state index in [1.54, 1.807) is 6.07 Å². The molecule has 2 aliphatic heterocycles. The Bertz CT molecular complexity index is 1270. The lowest BCUT2D eigenvalue weighted by molar-refractivity contribution is 0.140. The first-order valence-electron chi connectivity index (χ1n) is 11.0. The van der Waals surface area contributed by atoms with E-state index >= 15 is 0 Å². The molecule has 2 aromatic carbocycles. The lowest BCUT2D eigenvalue weighted by Gasteiger charge is -2.16. The van der Waals surface area contributed by atoms with Gasteiger partial charge in [-0.3, -0.25) is 0 Å². The molecule has 2 aliphatic rings. The molecule has 0 unspecified atom stereocenters. The summed E-state index contributed by atoms with van der Waals surface area (Å²) in [5.74, 6) is 1.52. The molecule has 0 saturated carbocycles. The Morgan fingerprint density at radius 3 is 2.84 bits per heavy atom. The summed E-state index contributed by atoms with van der Waals surface area (Å²) >= 11 is 0. The minimum atomic E-state index is -2.15. The fourth-order valence-corrected chi connectivity index (χ4v) is 6.62. The maximum absolute atomic E-state index is 13.9. The second kappa shape index (κ2) is 8.75. The molecule has 3 aromatic rings. The zero-order chi connectivity index (χ0) is 22.1. The smallest absolute Gasteiger partial charge is 0.126 e. The van der Waals surface area contributed by atoms with Gasteiger partial charge < -0.3 is 9.47 Å². The largest absolute Gasteiger partial charge is 0.488 e. The number of halogens is 1. The van der Waals surface area contributed by atoms with E-state index in [0.29, 0.717) is 42.6 Å². The molecule has 32 heavy (non-hydrogen) atoms. The van der Waals surface area contributed by atoms with Gasteiger partial charge in [0.25, 0.3) is 0 Å².